The average molecular weight is 865 g/mol. The minimum Gasteiger partial charge on any atom is -0.256 e. The Morgan fingerprint density at radius 3 is 1.22 bits per heavy atom. The minimum atomic E-state index is 0.602. The van der Waals surface area contributed by atoms with Crippen molar-refractivity contribution in [3.05, 3.63) is 243 Å². The summed E-state index contributed by atoms with van der Waals surface area (Å²) in [6.45, 7) is 0. The van der Waals surface area contributed by atoms with Crippen molar-refractivity contribution in [2.75, 3.05) is 0 Å². The van der Waals surface area contributed by atoms with E-state index >= 15 is 0 Å². The van der Waals surface area contributed by atoms with Gasteiger partial charge in [-0.2, -0.15) is 0 Å². The summed E-state index contributed by atoms with van der Waals surface area (Å²) in [5, 5.41) is 11.6. The number of hydrogen-bond donors (Lipinski definition) is 0. The van der Waals surface area contributed by atoms with E-state index in [1.807, 2.05) is 12.3 Å². The summed E-state index contributed by atoms with van der Waals surface area (Å²) < 4.78 is 0. The maximum atomic E-state index is 5.41. The fourth-order valence-corrected chi connectivity index (χ4v) is 10.1. The number of nitrogens with zero attached hydrogens (tertiary/aromatic N) is 4. The summed E-state index contributed by atoms with van der Waals surface area (Å²) in [6, 6.07) is 84.2. The average Bonchev–Trinajstić information content (AvgIpc) is 3.41. The molecular formula is C64H40N4. The van der Waals surface area contributed by atoms with Crippen LogP contribution in [0, 0.1) is 0 Å². The van der Waals surface area contributed by atoms with Crippen LogP contribution in [0.15, 0.2) is 243 Å². The van der Waals surface area contributed by atoms with Gasteiger partial charge in [0.25, 0.3) is 0 Å². The Morgan fingerprint density at radius 1 is 0.235 bits per heavy atom. The van der Waals surface area contributed by atoms with Crippen molar-refractivity contribution in [3.63, 3.8) is 0 Å². The van der Waals surface area contributed by atoms with Crippen LogP contribution in [0.3, 0.4) is 0 Å². The van der Waals surface area contributed by atoms with Crippen molar-refractivity contribution >= 4 is 53.9 Å². The molecule has 11 aromatic carbocycles. The molecule has 316 valence electrons. The second-order valence-electron chi connectivity index (χ2n) is 17.4. The highest BCUT2D eigenvalue weighted by Gasteiger charge is 2.20. The first-order valence-corrected chi connectivity index (χ1v) is 23.0. The molecule has 2 heterocycles. The zero-order valence-electron chi connectivity index (χ0n) is 36.9. The molecule has 0 fully saturated rings. The second-order valence-corrected chi connectivity index (χ2v) is 17.4. The Kier molecular flexibility index (Phi) is 9.47. The first-order valence-electron chi connectivity index (χ1n) is 23.0. The Hall–Kier alpha value is -9.12. The highest BCUT2D eigenvalue weighted by Crippen LogP contribution is 2.42. The van der Waals surface area contributed by atoms with E-state index in [1.165, 1.54) is 37.9 Å². The number of rotatable bonds is 7. The van der Waals surface area contributed by atoms with Gasteiger partial charge in [0.15, 0.2) is 17.5 Å². The van der Waals surface area contributed by atoms with Crippen LogP contribution in [0.1, 0.15) is 0 Å². The van der Waals surface area contributed by atoms with Crippen molar-refractivity contribution in [3.8, 4) is 78.8 Å². The number of aromatic nitrogens is 4. The van der Waals surface area contributed by atoms with E-state index in [0.717, 1.165) is 77.3 Å². The normalized spacial score (nSPS) is 11.5. The molecule has 0 aliphatic carbocycles. The maximum Gasteiger partial charge on any atom is 0.164 e. The number of fused-ring (bicyclic) bond motifs is 5. The fourth-order valence-electron chi connectivity index (χ4n) is 10.1. The lowest BCUT2D eigenvalue weighted by Crippen LogP contribution is -2.01. The first-order chi connectivity index (χ1) is 33.7. The van der Waals surface area contributed by atoms with E-state index in [1.54, 1.807) is 0 Å². The van der Waals surface area contributed by atoms with Crippen LogP contribution in [0.2, 0.25) is 0 Å². The largest absolute Gasteiger partial charge is 0.256 e. The van der Waals surface area contributed by atoms with Crippen LogP contribution in [-0.2, 0) is 0 Å². The second kappa shape index (κ2) is 16.4. The van der Waals surface area contributed by atoms with Gasteiger partial charge in [-0.15, -0.1) is 0 Å². The molecule has 4 heteroatoms. The van der Waals surface area contributed by atoms with Crippen molar-refractivity contribution in [1.82, 2.24) is 19.9 Å². The SMILES string of the molecule is c1cnc(-c2cccc3ccccc23)c(-c2ccc(-c3cc(-c4nc(-c5cccc6ccccc56)nc(-c5cccc6ccccc56)n4)cc(-c4c5ccccc5cc5ccccc45)c3)cc2)c1. The van der Waals surface area contributed by atoms with E-state index in [0.29, 0.717) is 17.5 Å². The van der Waals surface area contributed by atoms with Crippen molar-refractivity contribution in [1.29, 1.82) is 0 Å². The monoisotopic (exact) mass is 864 g/mol. The fraction of sp³-hybridized carbons (Fsp3) is 0. The molecule has 0 aliphatic heterocycles. The van der Waals surface area contributed by atoms with Gasteiger partial charge in [-0.1, -0.05) is 206 Å². The number of hydrogen-bond acceptors (Lipinski definition) is 4. The van der Waals surface area contributed by atoms with Gasteiger partial charge in [0.2, 0.25) is 0 Å². The van der Waals surface area contributed by atoms with Gasteiger partial charge in [-0.25, -0.2) is 15.0 Å². The molecule has 0 N–H and O–H groups in total. The summed E-state index contributed by atoms with van der Waals surface area (Å²) in [4.78, 5) is 21.1. The van der Waals surface area contributed by atoms with Crippen LogP contribution in [0.5, 0.6) is 0 Å². The standard InChI is InChI=1S/C64H40N4/c1-6-23-51-42(15-1)20-11-28-57(51)61-56(31-14-36-65-61)45-34-32-41(33-35-45)48-38-49(60-54-26-9-4-18-46(54)37-47-19-5-10-27-55(47)60)40-50(39-48)62-66-63(58-29-12-21-43-16-2-7-24-52(43)58)68-64(67-62)59-30-13-22-44-17-3-8-25-53(44)59/h1-40H. The molecular weight excluding hydrogens is 825 g/mol. The number of benzene rings is 11. The molecule has 0 saturated heterocycles. The van der Waals surface area contributed by atoms with Crippen LogP contribution in [-0.4, -0.2) is 19.9 Å². The van der Waals surface area contributed by atoms with E-state index in [9.17, 15) is 0 Å². The molecule has 0 atom stereocenters. The van der Waals surface area contributed by atoms with Crippen molar-refractivity contribution in [2.24, 2.45) is 0 Å². The summed E-state index contributed by atoms with van der Waals surface area (Å²) in [7, 11) is 0. The summed E-state index contributed by atoms with van der Waals surface area (Å²) in [6.07, 6.45) is 1.89. The molecule has 0 spiro atoms. The zero-order chi connectivity index (χ0) is 45.0. The van der Waals surface area contributed by atoms with Gasteiger partial charge in [0.05, 0.1) is 5.69 Å². The van der Waals surface area contributed by atoms with Crippen LogP contribution >= 0.6 is 0 Å². The maximum absolute atomic E-state index is 5.41. The van der Waals surface area contributed by atoms with Crippen LogP contribution in [0.4, 0.5) is 0 Å². The Balaban J connectivity index is 1.04. The topological polar surface area (TPSA) is 51.6 Å². The molecule has 2 aromatic heterocycles. The quantitative estimate of drug-likeness (QED) is 0.150. The van der Waals surface area contributed by atoms with Crippen molar-refractivity contribution < 1.29 is 0 Å². The van der Waals surface area contributed by atoms with Gasteiger partial charge in [0.1, 0.15) is 0 Å². The number of pyridine rings is 1. The summed E-state index contributed by atoms with van der Waals surface area (Å²) in [5.41, 5.74) is 11.5. The Bertz CT molecular complexity index is 3930. The molecule has 0 bridgehead atoms. The van der Waals surface area contributed by atoms with E-state index in [2.05, 4.69) is 231 Å². The predicted molar refractivity (Wildman–Crippen MR) is 283 cm³/mol. The molecule has 68 heavy (non-hydrogen) atoms. The summed E-state index contributed by atoms with van der Waals surface area (Å²) >= 11 is 0. The molecule has 0 saturated carbocycles. The van der Waals surface area contributed by atoms with Gasteiger partial charge in [-0.05, 0) is 112 Å². The molecule has 0 amide bonds. The third-order valence-electron chi connectivity index (χ3n) is 13.3. The molecule has 0 aliphatic rings. The third kappa shape index (κ3) is 6.86. The molecule has 4 nitrogen and oxygen atoms in total. The zero-order valence-corrected chi connectivity index (χ0v) is 36.9. The van der Waals surface area contributed by atoms with Crippen molar-refractivity contribution in [2.45, 2.75) is 0 Å². The molecule has 0 unspecified atom stereocenters. The van der Waals surface area contributed by atoms with Gasteiger partial charge in [0, 0.05) is 34.0 Å². The van der Waals surface area contributed by atoms with Crippen LogP contribution < -0.4 is 0 Å². The van der Waals surface area contributed by atoms with E-state index in [4.69, 9.17) is 19.9 Å². The smallest absolute Gasteiger partial charge is 0.164 e. The van der Waals surface area contributed by atoms with E-state index in [-0.39, 0.29) is 0 Å². The lowest BCUT2D eigenvalue weighted by atomic mass is 9.89. The molecule has 13 aromatic rings. The van der Waals surface area contributed by atoms with E-state index < -0.39 is 0 Å². The lowest BCUT2D eigenvalue weighted by molar-refractivity contribution is 1.08. The predicted octanol–water partition coefficient (Wildman–Crippen LogP) is 16.7. The Morgan fingerprint density at radius 2 is 0.647 bits per heavy atom. The van der Waals surface area contributed by atoms with Gasteiger partial charge >= 0.3 is 0 Å². The summed E-state index contributed by atoms with van der Waals surface area (Å²) in [5.74, 6) is 1.85. The minimum absolute atomic E-state index is 0.602. The van der Waals surface area contributed by atoms with Crippen LogP contribution in [0.25, 0.3) is 133 Å². The Labute approximate surface area is 393 Å². The highest BCUT2D eigenvalue weighted by atomic mass is 15.0. The van der Waals surface area contributed by atoms with Gasteiger partial charge < -0.3 is 0 Å². The lowest BCUT2D eigenvalue weighted by Gasteiger charge is -2.16. The molecule has 13 rings (SSSR count). The molecule has 0 radical (unpaired) electrons. The van der Waals surface area contributed by atoms with Gasteiger partial charge in [-0.3, -0.25) is 4.98 Å². The first kappa shape index (κ1) is 39.3. The third-order valence-corrected chi connectivity index (χ3v) is 13.3. The highest BCUT2D eigenvalue weighted by molar-refractivity contribution is 6.13.